The SMILES string of the molecule is Cc1ccc(O)c(CN[C@@H](C)c2cccc(Br)c2)c1. The summed E-state index contributed by atoms with van der Waals surface area (Å²) in [5.41, 5.74) is 3.31. The van der Waals surface area contributed by atoms with Gasteiger partial charge in [-0.25, -0.2) is 0 Å². The molecule has 0 aromatic heterocycles. The van der Waals surface area contributed by atoms with Crippen LogP contribution < -0.4 is 5.32 Å². The Bertz CT molecular complexity index is 568. The minimum absolute atomic E-state index is 0.234. The van der Waals surface area contributed by atoms with E-state index in [1.807, 2.05) is 31.2 Å². The Morgan fingerprint density at radius 2 is 2.00 bits per heavy atom. The molecule has 2 rings (SSSR count). The topological polar surface area (TPSA) is 32.3 Å². The molecule has 0 saturated carbocycles. The van der Waals surface area contributed by atoms with Gasteiger partial charge in [-0.15, -0.1) is 0 Å². The third-order valence-corrected chi connectivity index (χ3v) is 3.68. The Labute approximate surface area is 122 Å². The smallest absolute Gasteiger partial charge is 0.120 e. The second-order valence-electron chi connectivity index (χ2n) is 4.79. The van der Waals surface area contributed by atoms with Crippen LogP contribution in [0.1, 0.15) is 29.7 Å². The average molecular weight is 320 g/mol. The van der Waals surface area contributed by atoms with Crippen molar-refractivity contribution in [3.63, 3.8) is 0 Å². The largest absolute Gasteiger partial charge is 0.508 e. The molecule has 0 aliphatic heterocycles. The third-order valence-electron chi connectivity index (χ3n) is 3.18. The zero-order valence-corrected chi connectivity index (χ0v) is 12.7. The number of aryl methyl sites for hydroxylation is 1. The summed E-state index contributed by atoms with van der Waals surface area (Å²) in [6.45, 7) is 4.80. The van der Waals surface area contributed by atoms with E-state index in [2.05, 4.69) is 40.3 Å². The van der Waals surface area contributed by atoms with Crippen molar-refractivity contribution in [2.24, 2.45) is 0 Å². The highest BCUT2D eigenvalue weighted by Gasteiger charge is 2.07. The quantitative estimate of drug-likeness (QED) is 0.879. The van der Waals surface area contributed by atoms with Crippen LogP contribution in [0.5, 0.6) is 5.75 Å². The molecule has 0 saturated heterocycles. The standard InChI is InChI=1S/C16H18BrNO/c1-11-6-7-16(19)14(8-11)10-18-12(2)13-4-3-5-15(17)9-13/h3-9,12,18-19H,10H2,1-2H3/t12-/m0/s1. The van der Waals surface area contributed by atoms with Crippen molar-refractivity contribution in [1.29, 1.82) is 0 Å². The fourth-order valence-corrected chi connectivity index (χ4v) is 2.43. The summed E-state index contributed by atoms with van der Waals surface area (Å²) < 4.78 is 1.08. The number of hydrogen-bond donors (Lipinski definition) is 2. The maximum absolute atomic E-state index is 9.82. The predicted molar refractivity (Wildman–Crippen MR) is 82.2 cm³/mol. The second-order valence-corrected chi connectivity index (χ2v) is 5.71. The number of aromatic hydroxyl groups is 1. The van der Waals surface area contributed by atoms with Crippen LogP contribution >= 0.6 is 15.9 Å². The molecule has 0 heterocycles. The molecule has 0 fully saturated rings. The number of phenolic OH excluding ortho intramolecular Hbond substituents is 1. The Morgan fingerprint density at radius 1 is 1.21 bits per heavy atom. The lowest BCUT2D eigenvalue weighted by Crippen LogP contribution is -2.18. The van der Waals surface area contributed by atoms with Gasteiger partial charge in [0.1, 0.15) is 5.75 Å². The lowest BCUT2D eigenvalue weighted by atomic mass is 10.1. The average Bonchev–Trinajstić information content (AvgIpc) is 2.39. The number of benzene rings is 2. The lowest BCUT2D eigenvalue weighted by Gasteiger charge is -2.15. The molecule has 0 amide bonds. The van der Waals surface area contributed by atoms with Crippen LogP contribution in [0.4, 0.5) is 0 Å². The highest BCUT2D eigenvalue weighted by Crippen LogP contribution is 2.21. The number of phenols is 1. The van der Waals surface area contributed by atoms with E-state index in [1.165, 1.54) is 5.56 Å². The minimum atomic E-state index is 0.234. The van der Waals surface area contributed by atoms with Crippen molar-refractivity contribution in [2.45, 2.75) is 26.4 Å². The fourth-order valence-electron chi connectivity index (χ4n) is 2.01. The van der Waals surface area contributed by atoms with Crippen molar-refractivity contribution in [3.8, 4) is 5.75 Å². The predicted octanol–water partition coefficient (Wildman–Crippen LogP) is 4.31. The molecule has 0 spiro atoms. The Balaban J connectivity index is 2.04. The summed E-state index contributed by atoms with van der Waals surface area (Å²) in [5, 5.41) is 13.2. The van der Waals surface area contributed by atoms with Crippen molar-refractivity contribution in [1.82, 2.24) is 5.32 Å². The van der Waals surface area contributed by atoms with Gasteiger partial charge in [-0.1, -0.05) is 45.8 Å². The van der Waals surface area contributed by atoms with E-state index in [4.69, 9.17) is 0 Å². The molecule has 3 heteroatoms. The summed E-state index contributed by atoms with van der Waals surface area (Å²) in [6, 6.07) is 14.1. The van der Waals surface area contributed by atoms with Gasteiger partial charge in [-0.2, -0.15) is 0 Å². The Hall–Kier alpha value is -1.32. The molecule has 2 aromatic rings. The molecule has 0 bridgehead atoms. The summed E-state index contributed by atoms with van der Waals surface area (Å²) in [6.07, 6.45) is 0. The normalized spacial score (nSPS) is 12.4. The molecule has 1 atom stereocenters. The highest BCUT2D eigenvalue weighted by molar-refractivity contribution is 9.10. The maximum Gasteiger partial charge on any atom is 0.120 e. The van der Waals surface area contributed by atoms with Gasteiger partial charge in [-0.3, -0.25) is 0 Å². The van der Waals surface area contributed by atoms with Gasteiger partial charge in [0, 0.05) is 22.6 Å². The first-order valence-electron chi connectivity index (χ1n) is 6.33. The van der Waals surface area contributed by atoms with Crippen LogP contribution in [0.15, 0.2) is 46.9 Å². The molecule has 0 aliphatic rings. The van der Waals surface area contributed by atoms with Gasteiger partial charge in [0.05, 0.1) is 0 Å². The molecule has 0 aliphatic carbocycles. The van der Waals surface area contributed by atoms with Gasteiger partial charge in [0.15, 0.2) is 0 Å². The number of hydrogen-bond acceptors (Lipinski definition) is 2. The second kappa shape index (κ2) is 6.22. The third kappa shape index (κ3) is 3.82. The van der Waals surface area contributed by atoms with Crippen LogP contribution in [0.25, 0.3) is 0 Å². The Morgan fingerprint density at radius 3 is 2.74 bits per heavy atom. The van der Waals surface area contributed by atoms with Crippen molar-refractivity contribution >= 4 is 15.9 Å². The van der Waals surface area contributed by atoms with Gasteiger partial charge in [-0.05, 0) is 37.6 Å². The first-order valence-corrected chi connectivity index (χ1v) is 7.13. The maximum atomic E-state index is 9.82. The van der Waals surface area contributed by atoms with E-state index in [0.29, 0.717) is 12.3 Å². The van der Waals surface area contributed by atoms with E-state index in [1.54, 1.807) is 6.07 Å². The van der Waals surface area contributed by atoms with Crippen molar-refractivity contribution in [2.75, 3.05) is 0 Å². The molecular formula is C16H18BrNO. The van der Waals surface area contributed by atoms with E-state index in [0.717, 1.165) is 15.6 Å². The molecule has 0 radical (unpaired) electrons. The number of halogens is 1. The van der Waals surface area contributed by atoms with Crippen molar-refractivity contribution < 1.29 is 5.11 Å². The van der Waals surface area contributed by atoms with Gasteiger partial charge >= 0.3 is 0 Å². The van der Waals surface area contributed by atoms with Crippen LogP contribution in [0, 0.1) is 6.92 Å². The van der Waals surface area contributed by atoms with E-state index in [-0.39, 0.29) is 6.04 Å². The van der Waals surface area contributed by atoms with Crippen LogP contribution in [0.3, 0.4) is 0 Å². The minimum Gasteiger partial charge on any atom is -0.508 e. The molecule has 2 nitrogen and oxygen atoms in total. The molecule has 100 valence electrons. The molecule has 0 unspecified atom stereocenters. The number of nitrogens with one attached hydrogen (secondary N) is 1. The highest BCUT2D eigenvalue weighted by atomic mass is 79.9. The Kier molecular flexibility index (Phi) is 4.61. The summed E-state index contributed by atoms with van der Waals surface area (Å²) in [7, 11) is 0. The first kappa shape index (κ1) is 14.1. The van der Waals surface area contributed by atoms with E-state index in [9.17, 15) is 5.11 Å². The first-order chi connectivity index (χ1) is 9.06. The summed E-state index contributed by atoms with van der Waals surface area (Å²) in [4.78, 5) is 0. The van der Waals surface area contributed by atoms with Crippen LogP contribution in [-0.2, 0) is 6.54 Å². The molecular weight excluding hydrogens is 302 g/mol. The van der Waals surface area contributed by atoms with Crippen LogP contribution in [0.2, 0.25) is 0 Å². The van der Waals surface area contributed by atoms with Gasteiger partial charge in [0.2, 0.25) is 0 Å². The molecule has 2 N–H and O–H groups in total. The van der Waals surface area contributed by atoms with Gasteiger partial charge in [0.25, 0.3) is 0 Å². The van der Waals surface area contributed by atoms with E-state index < -0.39 is 0 Å². The lowest BCUT2D eigenvalue weighted by molar-refractivity contribution is 0.460. The van der Waals surface area contributed by atoms with E-state index >= 15 is 0 Å². The van der Waals surface area contributed by atoms with Gasteiger partial charge < -0.3 is 10.4 Å². The monoisotopic (exact) mass is 319 g/mol. The zero-order valence-electron chi connectivity index (χ0n) is 11.2. The molecule has 2 aromatic carbocycles. The van der Waals surface area contributed by atoms with Crippen LogP contribution in [-0.4, -0.2) is 5.11 Å². The fraction of sp³-hybridized carbons (Fsp3) is 0.250. The van der Waals surface area contributed by atoms with Crippen molar-refractivity contribution in [3.05, 3.63) is 63.6 Å². The summed E-state index contributed by atoms with van der Waals surface area (Å²) in [5.74, 6) is 0.347. The zero-order chi connectivity index (χ0) is 13.8. The summed E-state index contributed by atoms with van der Waals surface area (Å²) >= 11 is 3.48. The molecule has 19 heavy (non-hydrogen) atoms. The number of rotatable bonds is 4.